The first kappa shape index (κ1) is 10.7. The fourth-order valence-corrected chi connectivity index (χ4v) is 2.50. The Morgan fingerprint density at radius 2 is 2.27 bits per heavy atom. The Labute approximate surface area is 91.9 Å². The van der Waals surface area contributed by atoms with Crippen molar-refractivity contribution in [2.45, 2.75) is 25.7 Å². The maximum atomic E-state index is 4.36. The van der Waals surface area contributed by atoms with Gasteiger partial charge in [-0.3, -0.25) is 0 Å². The van der Waals surface area contributed by atoms with Crippen LogP contribution < -0.4 is 5.32 Å². The molecule has 2 rings (SSSR count). The Morgan fingerprint density at radius 1 is 1.47 bits per heavy atom. The second-order valence-corrected chi connectivity index (χ2v) is 4.65. The van der Waals surface area contributed by atoms with Crippen molar-refractivity contribution in [2.75, 3.05) is 13.6 Å². The van der Waals surface area contributed by atoms with Gasteiger partial charge in [-0.15, -0.1) is 0 Å². The number of aryl methyl sites for hydroxylation is 2. The summed E-state index contributed by atoms with van der Waals surface area (Å²) >= 11 is 0. The Bertz CT molecular complexity index is 306. The predicted octanol–water partition coefficient (Wildman–Crippen LogP) is 1.60. The third-order valence-electron chi connectivity index (χ3n) is 3.70. The number of nitrogens with zero attached hydrogens (tertiary/aromatic N) is 2. The number of rotatable bonds is 5. The van der Waals surface area contributed by atoms with Crippen molar-refractivity contribution in [2.24, 2.45) is 18.9 Å². The zero-order valence-corrected chi connectivity index (χ0v) is 9.74. The van der Waals surface area contributed by atoms with Crippen molar-refractivity contribution in [1.82, 2.24) is 14.9 Å². The van der Waals surface area contributed by atoms with E-state index >= 15 is 0 Å². The van der Waals surface area contributed by atoms with Crippen molar-refractivity contribution in [3.63, 3.8) is 0 Å². The molecule has 0 amide bonds. The fraction of sp³-hybridized carbons (Fsp3) is 0.750. The van der Waals surface area contributed by atoms with E-state index in [1.165, 1.54) is 31.6 Å². The van der Waals surface area contributed by atoms with Gasteiger partial charge >= 0.3 is 0 Å². The van der Waals surface area contributed by atoms with Gasteiger partial charge in [-0.1, -0.05) is 0 Å². The minimum atomic E-state index is 0.912. The average Bonchev–Trinajstić information content (AvgIpc) is 2.60. The summed E-state index contributed by atoms with van der Waals surface area (Å²) in [5.41, 5.74) is 0. The zero-order valence-electron chi connectivity index (χ0n) is 9.74. The first-order valence-corrected chi connectivity index (χ1v) is 5.92. The molecule has 1 saturated carbocycles. The van der Waals surface area contributed by atoms with Gasteiger partial charge in [0, 0.05) is 25.9 Å². The van der Waals surface area contributed by atoms with Crippen molar-refractivity contribution in [3.8, 4) is 0 Å². The van der Waals surface area contributed by atoms with Gasteiger partial charge in [0.1, 0.15) is 5.82 Å². The normalized spacial score (nSPS) is 25.2. The number of hydrogen-bond donors (Lipinski definition) is 1. The van der Waals surface area contributed by atoms with Crippen LogP contribution in [0.3, 0.4) is 0 Å². The lowest BCUT2D eigenvalue weighted by atomic mass is 9.71. The molecule has 84 valence electrons. The highest BCUT2D eigenvalue weighted by Gasteiger charge is 2.29. The summed E-state index contributed by atoms with van der Waals surface area (Å²) in [6.07, 6.45) is 9.18. The van der Waals surface area contributed by atoms with Gasteiger partial charge in [-0.25, -0.2) is 4.98 Å². The second kappa shape index (κ2) is 4.79. The first-order valence-electron chi connectivity index (χ1n) is 5.92. The zero-order chi connectivity index (χ0) is 10.7. The highest BCUT2D eigenvalue weighted by atomic mass is 15.0. The molecule has 1 aromatic heterocycles. The third kappa shape index (κ3) is 2.40. The third-order valence-corrected chi connectivity index (χ3v) is 3.70. The highest BCUT2D eigenvalue weighted by Crippen LogP contribution is 2.36. The maximum absolute atomic E-state index is 4.36. The molecule has 1 aliphatic carbocycles. The number of nitrogens with one attached hydrogen (secondary N) is 1. The Morgan fingerprint density at radius 3 is 2.80 bits per heavy atom. The summed E-state index contributed by atoms with van der Waals surface area (Å²) in [6.45, 7) is 1.19. The smallest absolute Gasteiger partial charge is 0.108 e. The van der Waals surface area contributed by atoms with Gasteiger partial charge in [-0.05, 0) is 44.7 Å². The SMILES string of the molecule is CNCC1CCC1CCc1nccn1C. The summed E-state index contributed by atoms with van der Waals surface area (Å²) in [7, 11) is 4.13. The van der Waals surface area contributed by atoms with Gasteiger partial charge in [0.25, 0.3) is 0 Å². The number of imidazole rings is 1. The van der Waals surface area contributed by atoms with Crippen LogP contribution in [0.1, 0.15) is 25.1 Å². The molecule has 1 aliphatic rings. The van der Waals surface area contributed by atoms with E-state index in [9.17, 15) is 0 Å². The molecule has 2 unspecified atom stereocenters. The standard InChI is InChI=1S/C12H21N3/c1-13-9-11-4-3-10(11)5-6-12-14-7-8-15(12)2/h7-8,10-11,13H,3-6,9H2,1-2H3. The quantitative estimate of drug-likeness (QED) is 0.795. The fourth-order valence-electron chi connectivity index (χ4n) is 2.50. The molecule has 0 aliphatic heterocycles. The van der Waals surface area contributed by atoms with Crippen LogP contribution in [0.4, 0.5) is 0 Å². The molecular formula is C12H21N3. The molecule has 0 bridgehead atoms. The maximum Gasteiger partial charge on any atom is 0.108 e. The highest BCUT2D eigenvalue weighted by molar-refractivity contribution is 4.93. The summed E-state index contributed by atoms with van der Waals surface area (Å²) in [4.78, 5) is 4.36. The molecule has 1 fully saturated rings. The van der Waals surface area contributed by atoms with Crippen molar-refractivity contribution in [1.29, 1.82) is 0 Å². The van der Waals surface area contributed by atoms with E-state index in [0.29, 0.717) is 0 Å². The van der Waals surface area contributed by atoms with Crippen LogP contribution >= 0.6 is 0 Å². The minimum Gasteiger partial charge on any atom is -0.338 e. The van der Waals surface area contributed by atoms with Gasteiger partial charge in [0.15, 0.2) is 0 Å². The largest absolute Gasteiger partial charge is 0.338 e. The lowest BCUT2D eigenvalue weighted by Crippen LogP contribution is -2.34. The lowest BCUT2D eigenvalue weighted by molar-refractivity contribution is 0.162. The van der Waals surface area contributed by atoms with Gasteiger partial charge in [0.05, 0.1) is 0 Å². The van der Waals surface area contributed by atoms with Crippen molar-refractivity contribution in [3.05, 3.63) is 18.2 Å². The summed E-state index contributed by atoms with van der Waals surface area (Å²) in [5, 5.41) is 3.28. The van der Waals surface area contributed by atoms with Crippen molar-refractivity contribution >= 4 is 0 Å². The van der Waals surface area contributed by atoms with E-state index in [4.69, 9.17) is 0 Å². The van der Waals surface area contributed by atoms with Crippen LogP contribution in [-0.4, -0.2) is 23.1 Å². The molecule has 0 radical (unpaired) electrons. The second-order valence-electron chi connectivity index (χ2n) is 4.65. The Kier molecular flexibility index (Phi) is 3.41. The van der Waals surface area contributed by atoms with E-state index < -0.39 is 0 Å². The Hall–Kier alpha value is -0.830. The molecule has 1 heterocycles. The van der Waals surface area contributed by atoms with Gasteiger partial charge in [-0.2, -0.15) is 0 Å². The molecule has 1 N–H and O–H groups in total. The molecular weight excluding hydrogens is 186 g/mol. The molecule has 1 aromatic rings. The molecule has 0 aromatic carbocycles. The summed E-state index contributed by atoms with van der Waals surface area (Å²) in [6, 6.07) is 0. The van der Waals surface area contributed by atoms with E-state index in [0.717, 1.165) is 18.3 Å². The molecule has 3 nitrogen and oxygen atoms in total. The first-order chi connectivity index (χ1) is 7.31. The molecule has 2 atom stereocenters. The Balaban J connectivity index is 1.77. The van der Waals surface area contributed by atoms with E-state index in [-0.39, 0.29) is 0 Å². The van der Waals surface area contributed by atoms with Crippen molar-refractivity contribution < 1.29 is 0 Å². The topological polar surface area (TPSA) is 29.9 Å². The summed E-state index contributed by atoms with van der Waals surface area (Å²) < 4.78 is 2.13. The monoisotopic (exact) mass is 207 g/mol. The van der Waals surface area contributed by atoms with Crippen LogP contribution in [0.15, 0.2) is 12.4 Å². The van der Waals surface area contributed by atoms with Crippen LogP contribution in [0.2, 0.25) is 0 Å². The van der Waals surface area contributed by atoms with Crippen LogP contribution in [0, 0.1) is 11.8 Å². The number of hydrogen-bond acceptors (Lipinski definition) is 2. The minimum absolute atomic E-state index is 0.912. The summed E-state index contributed by atoms with van der Waals surface area (Å²) in [5.74, 6) is 3.06. The molecule has 3 heteroatoms. The molecule has 15 heavy (non-hydrogen) atoms. The van der Waals surface area contributed by atoms with Crippen LogP contribution in [-0.2, 0) is 13.5 Å². The van der Waals surface area contributed by atoms with E-state index in [1.54, 1.807) is 0 Å². The van der Waals surface area contributed by atoms with Gasteiger partial charge < -0.3 is 9.88 Å². The lowest BCUT2D eigenvalue weighted by Gasteiger charge is -2.36. The molecule has 0 saturated heterocycles. The van der Waals surface area contributed by atoms with E-state index in [1.807, 2.05) is 19.4 Å². The number of aromatic nitrogens is 2. The van der Waals surface area contributed by atoms with Gasteiger partial charge in [0.2, 0.25) is 0 Å². The van der Waals surface area contributed by atoms with Crippen LogP contribution in [0.5, 0.6) is 0 Å². The predicted molar refractivity (Wildman–Crippen MR) is 61.7 cm³/mol. The average molecular weight is 207 g/mol. The van der Waals surface area contributed by atoms with E-state index in [2.05, 4.69) is 21.9 Å². The molecule has 0 spiro atoms. The van der Waals surface area contributed by atoms with Crippen LogP contribution in [0.25, 0.3) is 0 Å².